The zero-order valence-electron chi connectivity index (χ0n) is 21.4. The highest BCUT2D eigenvalue weighted by molar-refractivity contribution is 6.07. The number of hydrogen-bond donors (Lipinski definition) is 0. The van der Waals surface area contributed by atoms with E-state index in [4.69, 9.17) is 9.72 Å². The van der Waals surface area contributed by atoms with Gasteiger partial charge in [-0.3, -0.25) is 14.2 Å². The number of fused-ring (bicyclic) bond motifs is 2. The molecule has 0 saturated heterocycles. The predicted octanol–water partition coefficient (Wildman–Crippen LogP) is 6.08. The Morgan fingerprint density at radius 3 is 2.43 bits per heavy atom. The largest absolute Gasteiger partial charge is 0.495 e. The molecular formula is C31H29N3O3. The zero-order chi connectivity index (χ0) is 26.1. The van der Waals surface area contributed by atoms with Crippen molar-refractivity contribution in [1.29, 1.82) is 0 Å². The van der Waals surface area contributed by atoms with Crippen molar-refractivity contribution in [3.63, 3.8) is 0 Å². The second kappa shape index (κ2) is 9.90. The first-order chi connectivity index (χ1) is 17.9. The summed E-state index contributed by atoms with van der Waals surface area (Å²) in [5.41, 5.74) is 2.58. The topological polar surface area (TPSA) is 64.4 Å². The quantitative estimate of drug-likeness (QED) is 0.289. The van der Waals surface area contributed by atoms with Crippen LogP contribution in [0.5, 0.6) is 5.75 Å². The van der Waals surface area contributed by atoms with Crippen LogP contribution >= 0.6 is 0 Å². The number of aromatic nitrogens is 2. The van der Waals surface area contributed by atoms with Gasteiger partial charge in [-0.25, -0.2) is 4.98 Å². The maximum atomic E-state index is 14.0. The number of benzene rings is 4. The number of aryl methyl sites for hydroxylation is 1. The van der Waals surface area contributed by atoms with Crippen LogP contribution < -0.4 is 10.3 Å². The molecular weight excluding hydrogens is 462 g/mol. The van der Waals surface area contributed by atoms with Gasteiger partial charge < -0.3 is 9.64 Å². The van der Waals surface area contributed by atoms with E-state index in [-0.39, 0.29) is 11.5 Å². The second-order valence-corrected chi connectivity index (χ2v) is 9.10. The molecule has 1 unspecified atom stereocenters. The van der Waals surface area contributed by atoms with Crippen molar-refractivity contribution in [3.05, 3.63) is 112 Å². The van der Waals surface area contributed by atoms with Crippen molar-refractivity contribution in [1.82, 2.24) is 14.5 Å². The Bertz CT molecular complexity index is 1680. The van der Waals surface area contributed by atoms with Crippen LogP contribution in [0.15, 0.2) is 89.7 Å². The average molecular weight is 492 g/mol. The van der Waals surface area contributed by atoms with Gasteiger partial charge in [0.15, 0.2) is 0 Å². The minimum atomic E-state index is -0.501. The molecule has 0 N–H and O–H groups in total. The van der Waals surface area contributed by atoms with Gasteiger partial charge in [-0.15, -0.1) is 0 Å². The monoisotopic (exact) mass is 491 g/mol. The number of methoxy groups -OCH3 is 1. The van der Waals surface area contributed by atoms with Crippen LogP contribution in [-0.4, -0.2) is 34.0 Å². The molecule has 0 bridgehead atoms. The van der Waals surface area contributed by atoms with E-state index in [0.717, 1.165) is 16.3 Å². The molecule has 5 rings (SSSR count). The first-order valence-electron chi connectivity index (χ1n) is 12.4. The molecule has 5 aromatic rings. The smallest absolute Gasteiger partial charge is 0.266 e. The highest BCUT2D eigenvalue weighted by Gasteiger charge is 2.28. The number of para-hydroxylation sites is 1. The Balaban J connectivity index is 1.72. The minimum Gasteiger partial charge on any atom is -0.495 e. The van der Waals surface area contributed by atoms with Gasteiger partial charge in [0.05, 0.1) is 29.7 Å². The molecule has 6 heteroatoms. The van der Waals surface area contributed by atoms with Gasteiger partial charge in [0.1, 0.15) is 11.6 Å². The Kier molecular flexibility index (Phi) is 6.49. The lowest BCUT2D eigenvalue weighted by molar-refractivity contribution is 0.0695. The Hall–Kier alpha value is -4.45. The molecule has 37 heavy (non-hydrogen) atoms. The summed E-state index contributed by atoms with van der Waals surface area (Å²) < 4.78 is 7.24. The minimum absolute atomic E-state index is 0.114. The number of rotatable bonds is 6. The van der Waals surface area contributed by atoms with Gasteiger partial charge in [-0.2, -0.15) is 0 Å². The van der Waals surface area contributed by atoms with Crippen molar-refractivity contribution in [2.45, 2.75) is 26.8 Å². The molecule has 4 aromatic carbocycles. The first-order valence-corrected chi connectivity index (χ1v) is 12.4. The number of ether oxygens (including phenoxy) is 1. The third-order valence-electron chi connectivity index (χ3n) is 6.84. The average Bonchev–Trinajstić information content (AvgIpc) is 2.93. The Labute approximate surface area is 215 Å². The summed E-state index contributed by atoms with van der Waals surface area (Å²) >= 11 is 0. The number of nitrogens with zero attached hydrogens (tertiary/aromatic N) is 3. The summed E-state index contributed by atoms with van der Waals surface area (Å²) in [6.45, 7) is 6.27. The van der Waals surface area contributed by atoms with Gasteiger partial charge in [0.2, 0.25) is 0 Å². The van der Waals surface area contributed by atoms with Crippen LogP contribution in [0.25, 0.3) is 27.4 Å². The first kappa shape index (κ1) is 24.3. The van der Waals surface area contributed by atoms with E-state index in [1.807, 2.05) is 99.6 Å². The standard InChI is InChI=1S/C31H29N3O3/c1-5-33(30(35)24-15-10-12-22-11-6-7-13-23(22)24)21(3)29-32-26-16-9-8-14-25(26)31(36)34(29)27-19-20(2)17-18-28(27)37-4/h6-19,21H,5H2,1-4H3. The highest BCUT2D eigenvalue weighted by atomic mass is 16.5. The summed E-state index contributed by atoms with van der Waals surface area (Å²) in [4.78, 5) is 34.6. The van der Waals surface area contributed by atoms with Crippen LogP contribution in [0.4, 0.5) is 0 Å². The number of carbonyl (C=O) groups excluding carboxylic acids is 1. The van der Waals surface area contributed by atoms with E-state index in [1.165, 1.54) is 0 Å². The van der Waals surface area contributed by atoms with Gasteiger partial charge in [0, 0.05) is 12.1 Å². The molecule has 0 radical (unpaired) electrons. The molecule has 0 spiro atoms. The Morgan fingerprint density at radius 1 is 0.973 bits per heavy atom. The fraction of sp³-hybridized carbons (Fsp3) is 0.194. The van der Waals surface area contributed by atoms with Crippen molar-refractivity contribution in [3.8, 4) is 11.4 Å². The lowest BCUT2D eigenvalue weighted by atomic mass is 10.0. The van der Waals surface area contributed by atoms with Crippen molar-refractivity contribution < 1.29 is 9.53 Å². The second-order valence-electron chi connectivity index (χ2n) is 9.10. The summed E-state index contributed by atoms with van der Waals surface area (Å²) in [6.07, 6.45) is 0. The SMILES string of the molecule is CCN(C(=O)c1cccc2ccccc12)C(C)c1nc2ccccc2c(=O)n1-c1cc(C)ccc1OC. The maximum Gasteiger partial charge on any atom is 0.266 e. The Morgan fingerprint density at radius 2 is 1.68 bits per heavy atom. The summed E-state index contributed by atoms with van der Waals surface area (Å²) in [7, 11) is 1.58. The lowest BCUT2D eigenvalue weighted by Crippen LogP contribution is -2.37. The zero-order valence-corrected chi connectivity index (χ0v) is 21.4. The molecule has 0 aliphatic rings. The van der Waals surface area contributed by atoms with Gasteiger partial charge >= 0.3 is 0 Å². The van der Waals surface area contributed by atoms with Crippen LogP contribution in [0, 0.1) is 6.92 Å². The van der Waals surface area contributed by atoms with Crippen LogP contribution in [0.2, 0.25) is 0 Å². The summed E-state index contributed by atoms with van der Waals surface area (Å²) in [5.74, 6) is 0.918. The molecule has 1 heterocycles. The fourth-order valence-electron chi connectivity index (χ4n) is 4.94. The van der Waals surface area contributed by atoms with E-state index >= 15 is 0 Å². The highest BCUT2D eigenvalue weighted by Crippen LogP contribution is 2.30. The van der Waals surface area contributed by atoms with Crippen molar-refractivity contribution in [2.24, 2.45) is 0 Å². The lowest BCUT2D eigenvalue weighted by Gasteiger charge is -2.30. The number of amides is 1. The predicted molar refractivity (Wildman–Crippen MR) is 148 cm³/mol. The third-order valence-corrected chi connectivity index (χ3v) is 6.84. The van der Waals surface area contributed by atoms with E-state index in [2.05, 4.69) is 0 Å². The van der Waals surface area contributed by atoms with Gasteiger partial charge in [-0.1, -0.05) is 54.6 Å². The molecule has 1 amide bonds. The van der Waals surface area contributed by atoms with Crippen molar-refractivity contribution >= 4 is 27.6 Å². The molecule has 1 atom stereocenters. The molecule has 0 saturated carbocycles. The molecule has 186 valence electrons. The fourth-order valence-corrected chi connectivity index (χ4v) is 4.94. The maximum absolute atomic E-state index is 14.0. The van der Waals surface area contributed by atoms with E-state index in [9.17, 15) is 9.59 Å². The molecule has 0 fully saturated rings. The molecule has 1 aromatic heterocycles. The summed E-state index contributed by atoms with van der Waals surface area (Å²) in [5, 5.41) is 2.40. The molecule has 0 aliphatic carbocycles. The molecule has 6 nitrogen and oxygen atoms in total. The normalized spacial score (nSPS) is 12.0. The van der Waals surface area contributed by atoms with Crippen LogP contribution in [0.1, 0.15) is 41.6 Å². The summed E-state index contributed by atoms with van der Waals surface area (Å²) in [6, 6.07) is 26.1. The van der Waals surface area contributed by atoms with Crippen LogP contribution in [-0.2, 0) is 0 Å². The van der Waals surface area contributed by atoms with E-state index in [0.29, 0.717) is 40.3 Å². The van der Waals surface area contributed by atoms with Crippen LogP contribution in [0.3, 0.4) is 0 Å². The third kappa shape index (κ3) is 4.25. The number of carbonyl (C=O) groups is 1. The van der Waals surface area contributed by atoms with Crippen molar-refractivity contribution in [2.75, 3.05) is 13.7 Å². The van der Waals surface area contributed by atoms with Gasteiger partial charge in [-0.05, 0) is 67.4 Å². The molecule has 0 aliphatic heterocycles. The van der Waals surface area contributed by atoms with E-state index < -0.39 is 6.04 Å². The number of hydrogen-bond acceptors (Lipinski definition) is 4. The van der Waals surface area contributed by atoms with Gasteiger partial charge in [0.25, 0.3) is 11.5 Å². The van der Waals surface area contributed by atoms with E-state index in [1.54, 1.807) is 22.6 Å².